The second-order valence-electron chi connectivity index (χ2n) is 9.71. The molecule has 10 atom stereocenters. The first-order valence-corrected chi connectivity index (χ1v) is 12.8. The number of rotatable bonds is 10. The summed E-state index contributed by atoms with van der Waals surface area (Å²) in [4.78, 5) is 26.2. The second kappa shape index (κ2) is 13.4. The minimum absolute atomic E-state index is 0.0254. The van der Waals surface area contributed by atoms with Gasteiger partial charge in [-0.25, -0.2) is 0 Å². The Morgan fingerprint density at radius 2 is 1.05 bits per heavy atom. The minimum Gasteiger partial charge on any atom is -0.497 e. The zero-order chi connectivity index (χ0) is 30.7. The van der Waals surface area contributed by atoms with Gasteiger partial charge in [0.1, 0.15) is 66.1 Å². The summed E-state index contributed by atoms with van der Waals surface area (Å²) >= 11 is 0. The lowest BCUT2D eigenvalue weighted by atomic mass is 9.99. The monoisotopic (exact) mass is 596 g/mol. The summed E-state index contributed by atoms with van der Waals surface area (Å²) in [6, 6.07) is 9.05. The Morgan fingerprint density at radius 1 is 0.619 bits per heavy atom. The van der Waals surface area contributed by atoms with E-state index in [9.17, 15) is 50.4 Å². The quantitative estimate of drug-likeness (QED) is 0.101. The van der Waals surface area contributed by atoms with Crippen molar-refractivity contribution in [2.45, 2.75) is 61.4 Å². The molecular weight excluding hydrogens is 564 g/mol. The van der Waals surface area contributed by atoms with E-state index in [1.807, 2.05) is 0 Å². The van der Waals surface area contributed by atoms with Gasteiger partial charge in [-0.05, 0) is 36.4 Å². The Kier molecular flexibility index (Phi) is 10.1. The lowest BCUT2D eigenvalue weighted by Crippen LogP contribution is -2.60. The highest BCUT2D eigenvalue weighted by Crippen LogP contribution is 2.31. The van der Waals surface area contributed by atoms with Gasteiger partial charge in [-0.1, -0.05) is 0 Å². The molecule has 2 fully saturated rings. The van der Waals surface area contributed by atoms with Crippen molar-refractivity contribution in [2.24, 2.45) is 0 Å². The van der Waals surface area contributed by atoms with Crippen LogP contribution in [0.25, 0.3) is 0 Å². The number of hydrogen-bond acceptors (Lipinski definition) is 15. The maximum Gasteiger partial charge on any atom is 0.233 e. The van der Waals surface area contributed by atoms with Crippen LogP contribution in [0.3, 0.4) is 0 Å². The van der Waals surface area contributed by atoms with Crippen molar-refractivity contribution < 1.29 is 74.1 Å². The number of methoxy groups -OCH3 is 1. The molecule has 0 aromatic heterocycles. The van der Waals surface area contributed by atoms with Crippen LogP contribution >= 0.6 is 0 Å². The number of carbonyl (C=O) groups is 2. The largest absolute Gasteiger partial charge is 0.497 e. The third kappa shape index (κ3) is 6.55. The molecule has 0 bridgehead atoms. The van der Waals surface area contributed by atoms with Gasteiger partial charge in [-0.3, -0.25) is 9.59 Å². The standard InChI is InChI=1S/C27H32O15/c1-38-13-4-2-11(3-5-13)18(30)19(31)12-6-14(39-26-24(36)22(34)20(32)16(9-28)41-26)8-15(7-12)40-27-25(37)23(35)21(33)17(10-29)42-27/h2-8,16-17,20-29,32-37H,9-10H2,1H3/t16-,17-,20-,21-,22+,23+,24-,25-,26-,27-/m1/s1. The highest BCUT2D eigenvalue weighted by Gasteiger charge is 2.46. The van der Waals surface area contributed by atoms with Gasteiger partial charge in [0.25, 0.3) is 0 Å². The normalized spacial score (nSPS) is 33.1. The number of hydrogen-bond donors (Lipinski definition) is 8. The van der Waals surface area contributed by atoms with Crippen molar-refractivity contribution in [3.8, 4) is 17.2 Å². The molecular formula is C27H32O15. The van der Waals surface area contributed by atoms with Crippen molar-refractivity contribution in [3.63, 3.8) is 0 Å². The van der Waals surface area contributed by atoms with E-state index in [0.29, 0.717) is 5.75 Å². The van der Waals surface area contributed by atoms with Crippen LogP contribution in [-0.2, 0) is 9.47 Å². The summed E-state index contributed by atoms with van der Waals surface area (Å²) in [7, 11) is 1.43. The van der Waals surface area contributed by atoms with Crippen LogP contribution < -0.4 is 14.2 Å². The van der Waals surface area contributed by atoms with Gasteiger partial charge in [-0.2, -0.15) is 0 Å². The predicted octanol–water partition coefficient (Wildman–Crippen LogP) is -2.88. The lowest BCUT2D eigenvalue weighted by molar-refractivity contribution is -0.278. The van der Waals surface area contributed by atoms with Gasteiger partial charge in [0.2, 0.25) is 24.1 Å². The molecule has 2 aliphatic heterocycles. The van der Waals surface area contributed by atoms with Gasteiger partial charge in [0.15, 0.2) is 0 Å². The minimum atomic E-state index is -1.81. The maximum absolute atomic E-state index is 13.2. The molecule has 2 aromatic carbocycles. The molecule has 230 valence electrons. The average Bonchev–Trinajstić information content (AvgIpc) is 3.00. The summed E-state index contributed by atoms with van der Waals surface area (Å²) in [5.74, 6) is -2.02. The molecule has 0 amide bonds. The van der Waals surface area contributed by atoms with E-state index in [1.54, 1.807) is 0 Å². The van der Waals surface area contributed by atoms with E-state index in [4.69, 9.17) is 23.7 Å². The zero-order valence-electron chi connectivity index (χ0n) is 22.2. The first-order valence-electron chi connectivity index (χ1n) is 12.8. The molecule has 2 heterocycles. The first kappa shape index (κ1) is 31.7. The third-order valence-electron chi connectivity index (χ3n) is 6.90. The van der Waals surface area contributed by atoms with Crippen LogP contribution in [0.4, 0.5) is 0 Å². The number of aliphatic hydroxyl groups is 8. The van der Waals surface area contributed by atoms with Crippen molar-refractivity contribution in [3.05, 3.63) is 53.6 Å². The predicted molar refractivity (Wildman–Crippen MR) is 137 cm³/mol. The Balaban J connectivity index is 1.66. The number of carbonyl (C=O) groups excluding carboxylic acids is 2. The number of benzene rings is 2. The number of Topliss-reactive ketones (excluding diaryl/α,β-unsaturated/α-hetero) is 2. The van der Waals surface area contributed by atoms with Gasteiger partial charge in [-0.15, -0.1) is 0 Å². The van der Waals surface area contributed by atoms with E-state index in [1.165, 1.54) is 31.4 Å². The Morgan fingerprint density at radius 3 is 1.45 bits per heavy atom. The Bertz CT molecular complexity index is 1180. The molecule has 0 spiro atoms. The van der Waals surface area contributed by atoms with Crippen LogP contribution in [0.1, 0.15) is 20.7 Å². The van der Waals surface area contributed by atoms with Gasteiger partial charge < -0.3 is 64.5 Å². The van der Waals surface area contributed by atoms with Crippen LogP contribution in [0.5, 0.6) is 17.2 Å². The second-order valence-corrected chi connectivity index (χ2v) is 9.71. The summed E-state index contributed by atoms with van der Waals surface area (Å²) in [6.45, 7) is -1.46. The molecule has 2 aromatic rings. The average molecular weight is 597 g/mol. The molecule has 8 N–H and O–H groups in total. The Labute approximate surface area is 238 Å². The smallest absolute Gasteiger partial charge is 0.233 e. The molecule has 4 rings (SSSR count). The van der Waals surface area contributed by atoms with E-state index >= 15 is 0 Å². The molecule has 2 saturated heterocycles. The zero-order valence-corrected chi connectivity index (χ0v) is 22.2. The van der Waals surface area contributed by atoms with Gasteiger partial charge >= 0.3 is 0 Å². The van der Waals surface area contributed by atoms with Crippen LogP contribution in [0.15, 0.2) is 42.5 Å². The summed E-state index contributed by atoms with van der Waals surface area (Å²) in [5.41, 5.74) is -0.269. The molecule has 15 nitrogen and oxygen atoms in total. The van der Waals surface area contributed by atoms with E-state index in [0.717, 1.165) is 18.2 Å². The van der Waals surface area contributed by atoms with Gasteiger partial charge in [0, 0.05) is 17.2 Å². The molecule has 2 aliphatic rings. The number of ether oxygens (including phenoxy) is 5. The highest BCUT2D eigenvalue weighted by atomic mass is 16.7. The van der Waals surface area contributed by atoms with Gasteiger partial charge in [0.05, 0.1) is 20.3 Å². The van der Waals surface area contributed by atoms with E-state index in [-0.39, 0.29) is 22.6 Å². The maximum atomic E-state index is 13.2. The summed E-state index contributed by atoms with van der Waals surface area (Å²) in [6.07, 6.45) is -16.4. The fourth-order valence-corrected chi connectivity index (χ4v) is 4.44. The molecule has 0 radical (unpaired) electrons. The number of ketones is 2. The molecule has 15 heteroatoms. The number of aliphatic hydroxyl groups excluding tert-OH is 8. The third-order valence-corrected chi connectivity index (χ3v) is 6.90. The lowest BCUT2D eigenvalue weighted by Gasteiger charge is -2.40. The van der Waals surface area contributed by atoms with Crippen LogP contribution in [0, 0.1) is 0 Å². The first-order chi connectivity index (χ1) is 20.0. The molecule has 42 heavy (non-hydrogen) atoms. The van der Waals surface area contributed by atoms with Crippen molar-refractivity contribution in [2.75, 3.05) is 20.3 Å². The van der Waals surface area contributed by atoms with Crippen LogP contribution in [-0.4, -0.2) is 134 Å². The van der Waals surface area contributed by atoms with Crippen molar-refractivity contribution >= 4 is 11.6 Å². The fourth-order valence-electron chi connectivity index (χ4n) is 4.44. The SMILES string of the molecule is COc1ccc(C(=O)C(=O)c2cc(O[C@@H]3O[C@H](CO)[C@@H](O)[C@H](O)[C@H]3O)cc(O[C@@H]3O[C@H](CO)[C@@H](O)[C@H](O)[C@H]3O)c2)cc1. The molecule has 0 saturated carbocycles. The Hall–Kier alpha value is -3.22. The summed E-state index contributed by atoms with van der Waals surface area (Å²) < 4.78 is 27.0. The molecule has 0 aliphatic carbocycles. The van der Waals surface area contributed by atoms with E-state index in [2.05, 4.69) is 0 Å². The summed E-state index contributed by atoms with van der Waals surface area (Å²) in [5, 5.41) is 80.0. The van der Waals surface area contributed by atoms with E-state index < -0.39 is 86.2 Å². The molecule has 0 unspecified atom stereocenters. The highest BCUT2D eigenvalue weighted by molar-refractivity contribution is 6.49. The van der Waals surface area contributed by atoms with Crippen LogP contribution in [0.2, 0.25) is 0 Å². The topological polar surface area (TPSA) is 242 Å². The van der Waals surface area contributed by atoms with Crippen molar-refractivity contribution in [1.29, 1.82) is 0 Å². The fraction of sp³-hybridized carbons (Fsp3) is 0.481. The van der Waals surface area contributed by atoms with Crippen molar-refractivity contribution in [1.82, 2.24) is 0 Å².